The van der Waals surface area contributed by atoms with Gasteiger partial charge in [-0.1, -0.05) is 48.0 Å². The largest absolute Gasteiger partial charge is 0.345 e. The summed E-state index contributed by atoms with van der Waals surface area (Å²) in [6, 6.07) is 18.7. The van der Waals surface area contributed by atoms with E-state index in [1.807, 2.05) is 6.92 Å². The number of halogens is 1. The van der Waals surface area contributed by atoms with Crippen LogP contribution in [0.15, 0.2) is 71.6 Å². The van der Waals surface area contributed by atoms with E-state index in [0.29, 0.717) is 0 Å². The van der Waals surface area contributed by atoms with Gasteiger partial charge in [0.25, 0.3) is 15.9 Å². The van der Waals surface area contributed by atoms with Crippen molar-refractivity contribution >= 4 is 33.2 Å². The number of carbonyl (C=O) groups excluding carboxylic acids is 1. The van der Waals surface area contributed by atoms with Crippen LogP contribution in [-0.4, -0.2) is 14.3 Å². The summed E-state index contributed by atoms with van der Waals surface area (Å²) in [7, 11) is -3.77. The van der Waals surface area contributed by atoms with Crippen molar-refractivity contribution in [2.24, 2.45) is 0 Å². The van der Waals surface area contributed by atoms with Crippen molar-refractivity contribution in [2.45, 2.75) is 43.5 Å². The smallest absolute Gasteiger partial charge is 0.261 e. The summed E-state index contributed by atoms with van der Waals surface area (Å²) in [5, 5.41) is 3.23. The van der Waals surface area contributed by atoms with Crippen LogP contribution in [0.2, 0.25) is 5.02 Å². The molecule has 1 atom stereocenters. The first-order chi connectivity index (χ1) is 15.3. The Morgan fingerprint density at radius 3 is 2.41 bits per heavy atom. The van der Waals surface area contributed by atoms with Crippen LogP contribution in [0.4, 0.5) is 5.69 Å². The Labute approximate surface area is 193 Å². The van der Waals surface area contributed by atoms with Gasteiger partial charge < -0.3 is 5.32 Å². The highest BCUT2D eigenvalue weighted by atomic mass is 35.5. The molecule has 1 aliphatic rings. The Hall–Kier alpha value is -2.83. The minimum Gasteiger partial charge on any atom is -0.345 e. The van der Waals surface area contributed by atoms with Crippen molar-refractivity contribution < 1.29 is 13.2 Å². The molecule has 166 valence electrons. The van der Waals surface area contributed by atoms with Crippen molar-refractivity contribution in [3.63, 3.8) is 0 Å². The Bertz CT molecular complexity index is 1240. The quantitative estimate of drug-likeness (QED) is 0.500. The van der Waals surface area contributed by atoms with Crippen LogP contribution in [0.3, 0.4) is 0 Å². The molecule has 0 spiro atoms. The lowest BCUT2D eigenvalue weighted by molar-refractivity contribution is 0.0940. The first-order valence-corrected chi connectivity index (χ1v) is 12.5. The number of hydrogen-bond donors (Lipinski definition) is 2. The third-order valence-electron chi connectivity index (χ3n) is 5.74. The minimum atomic E-state index is -3.77. The lowest BCUT2D eigenvalue weighted by atomic mass is 9.89. The van der Waals surface area contributed by atoms with E-state index in [0.717, 1.165) is 18.4 Å². The molecule has 3 aromatic rings. The fourth-order valence-corrected chi connectivity index (χ4v) is 5.23. The van der Waals surface area contributed by atoms with E-state index in [9.17, 15) is 13.2 Å². The highest BCUT2D eigenvalue weighted by Crippen LogP contribution is 2.26. The van der Waals surface area contributed by atoms with Crippen LogP contribution in [0.25, 0.3) is 0 Å². The minimum absolute atomic E-state index is 0.141. The van der Waals surface area contributed by atoms with Crippen LogP contribution in [0.5, 0.6) is 0 Å². The highest BCUT2D eigenvalue weighted by molar-refractivity contribution is 7.92. The summed E-state index contributed by atoms with van der Waals surface area (Å²) >= 11 is 6.27. The van der Waals surface area contributed by atoms with Crippen LogP contribution in [0.1, 0.15) is 52.9 Å². The molecule has 0 radical (unpaired) electrons. The van der Waals surface area contributed by atoms with Gasteiger partial charge in [-0.05, 0) is 79.6 Å². The van der Waals surface area contributed by atoms with Gasteiger partial charge in [-0.25, -0.2) is 8.42 Å². The molecule has 0 aromatic heterocycles. The van der Waals surface area contributed by atoms with E-state index in [-0.39, 0.29) is 33.1 Å². The van der Waals surface area contributed by atoms with Crippen molar-refractivity contribution in [3.8, 4) is 0 Å². The van der Waals surface area contributed by atoms with Gasteiger partial charge >= 0.3 is 0 Å². The zero-order valence-corrected chi connectivity index (χ0v) is 19.3. The van der Waals surface area contributed by atoms with Gasteiger partial charge in [-0.3, -0.25) is 9.52 Å². The van der Waals surface area contributed by atoms with Crippen molar-refractivity contribution in [1.82, 2.24) is 5.32 Å². The molecule has 32 heavy (non-hydrogen) atoms. The van der Waals surface area contributed by atoms with Crippen molar-refractivity contribution in [2.75, 3.05) is 4.72 Å². The molecule has 1 amide bonds. The molecule has 1 aliphatic carbocycles. The molecule has 5 nitrogen and oxygen atoms in total. The average Bonchev–Trinajstić information content (AvgIpc) is 2.80. The molecule has 0 fully saturated rings. The van der Waals surface area contributed by atoms with Gasteiger partial charge in [0.15, 0.2) is 0 Å². The van der Waals surface area contributed by atoms with Gasteiger partial charge in [-0.15, -0.1) is 0 Å². The Kier molecular flexibility index (Phi) is 6.53. The molecule has 3 aromatic carbocycles. The average molecular weight is 469 g/mol. The maximum Gasteiger partial charge on any atom is 0.261 e. The van der Waals surface area contributed by atoms with Gasteiger partial charge in [0.1, 0.15) is 0 Å². The molecule has 7 heteroatoms. The summed E-state index contributed by atoms with van der Waals surface area (Å²) < 4.78 is 27.7. The summed E-state index contributed by atoms with van der Waals surface area (Å²) in [6.45, 7) is 1.93. The third-order valence-corrected chi connectivity index (χ3v) is 7.46. The molecule has 0 heterocycles. The fraction of sp³-hybridized carbons (Fsp3) is 0.240. The standard InChI is InChI=1S/C25H25ClN2O3S/c1-17(19-12-11-18-7-5-6-8-20(18)15-19)27-25(29)23-16-21(13-14-24(23)26)28-32(30,31)22-9-3-2-4-10-22/h2-4,9-17,28H,5-8H2,1H3,(H,27,29)/t17-/m1/s1. The maximum absolute atomic E-state index is 13.0. The number of sulfonamides is 1. The Morgan fingerprint density at radius 1 is 0.938 bits per heavy atom. The number of amides is 1. The van der Waals surface area contributed by atoms with E-state index in [2.05, 4.69) is 28.2 Å². The molecule has 0 saturated heterocycles. The first-order valence-electron chi connectivity index (χ1n) is 10.6. The Balaban J connectivity index is 1.51. The number of benzene rings is 3. The lowest BCUT2D eigenvalue weighted by Gasteiger charge is -2.20. The maximum atomic E-state index is 13.0. The summed E-state index contributed by atoms with van der Waals surface area (Å²) in [5.74, 6) is -0.360. The van der Waals surface area contributed by atoms with Crippen LogP contribution in [-0.2, 0) is 22.9 Å². The monoisotopic (exact) mass is 468 g/mol. The molecular weight excluding hydrogens is 444 g/mol. The van der Waals surface area contributed by atoms with E-state index in [1.165, 1.54) is 54.3 Å². The molecule has 0 saturated carbocycles. The van der Waals surface area contributed by atoms with Crippen LogP contribution >= 0.6 is 11.6 Å². The van der Waals surface area contributed by atoms with E-state index in [1.54, 1.807) is 18.2 Å². The number of hydrogen-bond acceptors (Lipinski definition) is 3. The number of fused-ring (bicyclic) bond motifs is 1. The molecule has 0 bridgehead atoms. The second-order valence-electron chi connectivity index (χ2n) is 8.04. The van der Waals surface area contributed by atoms with E-state index in [4.69, 9.17) is 11.6 Å². The van der Waals surface area contributed by atoms with Crippen molar-refractivity contribution in [3.05, 3.63) is 94.0 Å². The number of carbonyl (C=O) groups is 1. The third kappa shape index (κ3) is 4.97. The normalized spacial score (nSPS) is 14.3. The Morgan fingerprint density at radius 2 is 1.66 bits per heavy atom. The zero-order valence-electron chi connectivity index (χ0n) is 17.8. The molecular formula is C25H25ClN2O3S. The molecule has 0 unspecified atom stereocenters. The summed E-state index contributed by atoms with van der Waals surface area (Å²) in [5.41, 5.74) is 4.26. The first kappa shape index (κ1) is 22.4. The zero-order chi connectivity index (χ0) is 22.7. The SMILES string of the molecule is C[C@@H](NC(=O)c1cc(NS(=O)(=O)c2ccccc2)ccc1Cl)c1ccc2c(c1)CCCC2. The number of aryl methyl sites for hydroxylation is 2. The van der Waals surface area contributed by atoms with Crippen molar-refractivity contribution in [1.29, 1.82) is 0 Å². The topological polar surface area (TPSA) is 75.3 Å². The highest BCUT2D eigenvalue weighted by Gasteiger charge is 2.19. The number of rotatable bonds is 6. The second kappa shape index (κ2) is 9.35. The lowest BCUT2D eigenvalue weighted by Crippen LogP contribution is -2.27. The van der Waals surface area contributed by atoms with Gasteiger partial charge in [0, 0.05) is 5.69 Å². The van der Waals surface area contributed by atoms with Gasteiger partial charge in [-0.2, -0.15) is 0 Å². The second-order valence-corrected chi connectivity index (χ2v) is 10.1. The molecule has 0 aliphatic heterocycles. The fourth-order valence-electron chi connectivity index (χ4n) is 3.96. The van der Waals surface area contributed by atoms with Crippen LogP contribution < -0.4 is 10.0 Å². The van der Waals surface area contributed by atoms with Gasteiger partial charge in [0.2, 0.25) is 0 Å². The predicted molar refractivity (Wildman–Crippen MR) is 128 cm³/mol. The number of anilines is 1. The van der Waals surface area contributed by atoms with Gasteiger partial charge in [0.05, 0.1) is 21.5 Å². The number of nitrogens with one attached hydrogen (secondary N) is 2. The predicted octanol–water partition coefficient (Wildman–Crippen LogP) is 5.51. The van der Waals surface area contributed by atoms with Crippen LogP contribution in [0, 0.1) is 0 Å². The summed E-state index contributed by atoms with van der Waals surface area (Å²) in [6.07, 6.45) is 4.59. The molecule has 4 rings (SSSR count). The van der Waals surface area contributed by atoms with E-state index >= 15 is 0 Å². The van der Waals surface area contributed by atoms with E-state index < -0.39 is 10.0 Å². The summed E-state index contributed by atoms with van der Waals surface area (Å²) in [4.78, 5) is 13.1. The molecule has 2 N–H and O–H groups in total.